The number of amides is 1. The molecule has 3 aromatic carbocycles. The fraction of sp³-hybridized carbons (Fsp3) is 0.333. The lowest BCUT2D eigenvalue weighted by Gasteiger charge is -2.25. The first-order chi connectivity index (χ1) is 19.0. The Kier molecular flexibility index (Phi) is 8.01. The van der Waals surface area contributed by atoms with E-state index in [2.05, 4.69) is 6.92 Å². The van der Waals surface area contributed by atoms with Crippen molar-refractivity contribution in [2.45, 2.75) is 58.1 Å². The molecular formula is C33H35NO5. The maximum Gasteiger partial charge on any atom is 0.295 e. The highest BCUT2D eigenvalue weighted by Crippen LogP contribution is 2.41. The van der Waals surface area contributed by atoms with E-state index in [4.69, 9.17) is 9.47 Å². The number of rotatable bonds is 10. The Bertz CT molecular complexity index is 1360. The number of Topliss-reactive ketones (excluding diaryl/α,β-unsaturated/α-hetero) is 1. The van der Waals surface area contributed by atoms with Crippen molar-refractivity contribution in [1.29, 1.82) is 0 Å². The minimum atomic E-state index is -0.703. The summed E-state index contributed by atoms with van der Waals surface area (Å²) in [6.45, 7) is 5.14. The molecule has 5 rings (SSSR count). The molecule has 39 heavy (non-hydrogen) atoms. The van der Waals surface area contributed by atoms with Gasteiger partial charge in [-0.3, -0.25) is 9.59 Å². The van der Waals surface area contributed by atoms with E-state index in [0.717, 1.165) is 53.9 Å². The fourth-order valence-corrected chi connectivity index (χ4v) is 5.36. The van der Waals surface area contributed by atoms with E-state index < -0.39 is 17.7 Å². The molecular weight excluding hydrogens is 490 g/mol. The van der Waals surface area contributed by atoms with E-state index in [0.29, 0.717) is 25.1 Å². The molecule has 2 atom stereocenters. The molecule has 0 bridgehead atoms. The van der Waals surface area contributed by atoms with Gasteiger partial charge in [0.2, 0.25) is 0 Å². The molecule has 1 amide bonds. The topological polar surface area (TPSA) is 76.1 Å². The average Bonchev–Trinajstić information content (AvgIpc) is 3.45. The highest BCUT2D eigenvalue weighted by molar-refractivity contribution is 6.46. The third kappa shape index (κ3) is 5.70. The zero-order chi connectivity index (χ0) is 27.4. The van der Waals surface area contributed by atoms with Gasteiger partial charge in [0.05, 0.1) is 18.2 Å². The summed E-state index contributed by atoms with van der Waals surface area (Å²) in [6.07, 6.45) is 4.61. The molecule has 0 aromatic heterocycles. The van der Waals surface area contributed by atoms with Crippen molar-refractivity contribution in [3.8, 4) is 11.5 Å². The molecule has 2 aliphatic rings. The van der Waals surface area contributed by atoms with Crippen LogP contribution in [0.15, 0.2) is 78.4 Å². The predicted molar refractivity (Wildman–Crippen MR) is 151 cm³/mol. The zero-order valence-electron chi connectivity index (χ0n) is 22.6. The number of fused-ring (bicyclic) bond motifs is 1. The van der Waals surface area contributed by atoms with Gasteiger partial charge in [-0.05, 0) is 66.8 Å². The third-order valence-corrected chi connectivity index (χ3v) is 7.41. The Hall–Kier alpha value is -4.06. The quantitative estimate of drug-likeness (QED) is 0.147. The average molecular weight is 526 g/mol. The van der Waals surface area contributed by atoms with E-state index in [1.807, 2.05) is 73.7 Å². The summed E-state index contributed by atoms with van der Waals surface area (Å²) >= 11 is 0. The van der Waals surface area contributed by atoms with Gasteiger partial charge in [-0.2, -0.15) is 0 Å². The fourth-order valence-electron chi connectivity index (χ4n) is 5.36. The number of nitrogens with zero attached hydrogens (tertiary/aromatic N) is 1. The van der Waals surface area contributed by atoms with Crippen molar-refractivity contribution >= 4 is 17.4 Å². The molecule has 202 valence electrons. The third-order valence-electron chi connectivity index (χ3n) is 7.41. The Morgan fingerprint density at radius 3 is 2.54 bits per heavy atom. The first kappa shape index (κ1) is 26.5. The highest BCUT2D eigenvalue weighted by atomic mass is 16.5. The first-order valence-electron chi connectivity index (χ1n) is 13.8. The van der Waals surface area contributed by atoms with Crippen LogP contribution in [-0.4, -0.2) is 41.0 Å². The van der Waals surface area contributed by atoms with Gasteiger partial charge in [-0.15, -0.1) is 0 Å². The maximum atomic E-state index is 13.4. The van der Waals surface area contributed by atoms with Gasteiger partial charge in [-0.1, -0.05) is 62.2 Å². The van der Waals surface area contributed by atoms with Crippen LogP contribution >= 0.6 is 0 Å². The lowest BCUT2D eigenvalue weighted by atomic mass is 9.94. The van der Waals surface area contributed by atoms with E-state index in [9.17, 15) is 14.7 Å². The van der Waals surface area contributed by atoms with Gasteiger partial charge in [0.15, 0.2) is 0 Å². The number of carbonyl (C=O) groups is 2. The van der Waals surface area contributed by atoms with E-state index in [1.54, 1.807) is 11.0 Å². The molecule has 1 N–H and O–H groups in total. The summed E-state index contributed by atoms with van der Waals surface area (Å²) in [6, 6.07) is 22.1. The molecule has 2 heterocycles. The molecule has 2 aliphatic heterocycles. The second-order valence-corrected chi connectivity index (χ2v) is 10.3. The molecule has 2 unspecified atom stereocenters. The molecule has 6 nitrogen and oxygen atoms in total. The van der Waals surface area contributed by atoms with Crippen LogP contribution in [0.5, 0.6) is 11.5 Å². The van der Waals surface area contributed by atoms with Crippen LogP contribution in [-0.2, 0) is 22.4 Å². The number of ether oxygens (including phenoxy) is 2. The molecule has 1 saturated heterocycles. The number of hydrogen-bond acceptors (Lipinski definition) is 5. The minimum Gasteiger partial charge on any atom is -0.507 e. The maximum absolute atomic E-state index is 13.4. The monoisotopic (exact) mass is 525 g/mol. The van der Waals surface area contributed by atoms with Crippen LogP contribution in [0.2, 0.25) is 0 Å². The van der Waals surface area contributed by atoms with Crippen LogP contribution < -0.4 is 9.47 Å². The van der Waals surface area contributed by atoms with Crippen molar-refractivity contribution in [3.63, 3.8) is 0 Å². The van der Waals surface area contributed by atoms with E-state index >= 15 is 0 Å². The highest BCUT2D eigenvalue weighted by Gasteiger charge is 2.46. The lowest BCUT2D eigenvalue weighted by Crippen LogP contribution is -2.31. The van der Waals surface area contributed by atoms with Gasteiger partial charge < -0.3 is 19.5 Å². The van der Waals surface area contributed by atoms with Gasteiger partial charge in [0.1, 0.15) is 23.4 Å². The zero-order valence-corrected chi connectivity index (χ0v) is 22.6. The van der Waals surface area contributed by atoms with Crippen molar-refractivity contribution in [2.75, 3.05) is 13.2 Å². The molecule has 6 heteroatoms. The number of benzene rings is 3. The number of aliphatic hydroxyl groups is 1. The smallest absolute Gasteiger partial charge is 0.295 e. The van der Waals surface area contributed by atoms with Gasteiger partial charge in [-0.25, -0.2) is 0 Å². The molecule has 0 aliphatic carbocycles. The summed E-state index contributed by atoms with van der Waals surface area (Å²) in [4.78, 5) is 28.3. The van der Waals surface area contributed by atoms with Crippen LogP contribution in [0.25, 0.3) is 5.76 Å². The number of likely N-dealkylation sites (tertiary alicyclic amines) is 1. The SMILES string of the molecule is CCCCCOc1ccc(C2C(=C(O)c3ccc4c(c3)CC(C)O4)C(=O)C(=O)N2CCc2ccccc2)cc1. The Balaban J connectivity index is 1.49. The largest absolute Gasteiger partial charge is 0.507 e. The summed E-state index contributed by atoms with van der Waals surface area (Å²) in [5.74, 6) is 0.0890. The second-order valence-electron chi connectivity index (χ2n) is 10.3. The van der Waals surface area contributed by atoms with Gasteiger partial charge >= 0.3 is 0 Å². The summed E-state index contributed by atoms with van der Waals surface area (Å²) in [5, 5.41) is 11.5. The van der Waals surface area contributed by atoms with Crippen LogP contribution in [0, 0.1) is 0 Å². The number of hydrogen-bond donors (Lipinski definition) is 1. The van der Waals surface area contributed by atoms with Gasteiger partial charge in [0.25, 0.3) is 11.7 Å². The number of carbonyl (C=O) groups excluding carboxylic acids is 2. The van der Waals surface area contributed by atoms with Crippen molar-refractivity contribution < 1.29 is 24.2 Å². The summed E-state index contributed by atoms with van der Waals surface area (Å²) in [5.41, 5.74) is 3.42. The van der Waals surface area contributed by atoms with Crippen molar-refractivity contribution in [2.24, 2.45) is 0 Å². The standard InChI is InChI=1S/C33H35NO5/c1-3-4-8-19-38-27-14-11-24(12-15-27)30-29(31(35)25-13-16-28-26(21-25)20-22(2)39-28)32(36)33(37)34(30)18-17-23-9-6-5-7-10-23/h5-7,9-16,21-22,30,35H,3-4,8,17-20H2,1-2H3. The minimum absolute atomic E-state index is 0.0590. The molecule has 0 radical (unpaired) electrons. The first-order valence-corrected chi connectivity index (χ1v) is 13.8. The van der Waals surface area contributed by atoms with Gasteiger partial charge in [0, 0.05) is 18.5 Å². The molecule has 0 spiro atoms. The predicted octanol–water partition coefficient (Wildman–Crippen LogP) is 6.24. The molecule has 0 saturated carbocycles. The number of aliphatic hydroxyl groups excluding tert-OH is 1. The van der Waals surface area contributed by atoms with Crippen LogP contribution in [0.1, 0.15) is 61.4 Å². The van der Waals surface area contributed by atoms with E-state index in [-0.39, 0.29) is 17.4 Å². The van der Waals surface area contributed by atoms with Crippen LogP contribution in [0.4, 0.5) is 0 Å². The Morgan fingerprint density at radius 2 is 1.79 bits per heavy atom. The number of unbranched alkanes of at least 4 members (excludes halogenated alkanes) is 2. The molecule has 3 aromatic rings. The normalized spacial score (nSPS) is 19.7. The molecule has 1 fully saturated rings. The summed E-state index contributed by atoms with van der Waals surface area (Å²) < 4.78 is 11.7. The summed E-state index contributed by atoms with van der Waals surface area (Å²) in [7, 11) is 0. The van der Waals surface area contributed by atoms with Crippen molar-refractivity contribution in [1.82, 2.24) is 4.90 Å². The van der Waals surface area contributed by atoms with E-state index in [1.165, 1.54) is 0 Å². The lowest BCUT2D eigenvalue weighted by molar-refractivity contribution is -0.139. The van der Waals surface area contributed by atoms with Crippen molar-refractivity contribution in [3.05, 3.63) is 101 Å². The number of ketones is 1. The Morgan fingerprint density at radius 1 is 1.03 bits per heavy atom. The van der Waals surface area contributed by atoms with Crippen LogP contribution in [0.3, 0.4) is 0 Å². The second kappa shape index (κ2) is 11.8. The Labute approximate surface area is 229 Å².